The van der Waals surface area contributed by atoms with Crippen molar-refractivity contribution in [2.75, 3.05) is 0 Å². The Morgan fingerprint density at radius 3 is 2.35 bits per heavy atom. The first kappa shape index (κ1) is 15.6. The molecular weight excluding hydrogens is 257 g/mol. The minimum Gasteiger partial charge on any atom is -0.746 e. The van der Waals surface area contributed by atoms with E-state index in [1.54, 1.807) is 0 Å². The van der Waals surface area contributed by atoms with Crippen LogP contribution in [0.5, 0.6) is 0 Å². The fourth-order valence-electron chi connectivity index (χ4n) is 0.939. The summed E-state index contributed by atoms with van der Waals surface area (Å²) >= 11 is 0. The van der Waals surface area contributed by atoms with Crippen molar-refractivity contribution in [2.24, 2.45) is 0 Å². The molecule has 0 bridgehead atoms. The van der Waals surface area contributed by atoms with Gasteiger partial charge in [0, 0.05) is 13.3 Å². The normalized spacial score (nSPS) is 15.5. The minimum atomic E-state index is -5.17. The second kappa shape index (κ2) is 6.33. The Balaban J connectivity index is 4.22. The van der Waals surface area contributed by atoms with Gasteiger partial charge >= 0.3 is 19.8 Å². The minimum absolute atomic E-state index is 0.353. The maximum Gasteiger partial charge on any atom is 0.326 e. The number of carboxylic acids is 1. The number of hydrogen-bond acceptors (Lipinski definition) is 6. The van der Waals surface area contributed by atoms with Gasteiger partial charge in [0.2, 0.25) is 5.91 Å². The van der Waals surface area contributed by atoms with E-state index in [2.05, 4.69) is 4.52 Å². The summed E-state index contributed by atoms with van der Waals surface area (Å²) in [7, 11) is -5.17. The maximum atomic E-state index is 10.8. The summed E-state index contributed by atoms with van der Waals surface area (Å²) in [6.07, 6.45) is -0.933. The molecule has 9 nitrogen and oxygen atoms in total. The summed E-state index contributed by atoms with van der Waals surface area (Å²) in [5, 5.41) is 10.7. The monoisotopic (exact) mass is 268 g/mol. The van der Waals surface area contributed by atoms with Gasteiger partial charge in [0.25, 0.3) is 0 Å². The Bertz CT molecular complexity index is 361. The molecule has 0 aliphatic carbocycles. The van der Waals surface area contributed by atoms with E-state index < -0.39 is 38.1 Å². The molecule has 0 heterocycles. The number of amides is 1. The van der Waals surface area contributed by atoms with Crippen molar-refractivity contribution in [1.82, 2.24) is 5.32 Å². The second-order valence-corrected chi connectivity index (χ2v) is 4.18. The van der Waals surface area contributed by atoms with E-state index in [0.717, 1.165) is 6.92 Å². The van der Waals surface area contributed by atoms with Crippen LogP contribution in [0, 0.1) is 0 Å². The van der Waals surface area contributed by atoms with Crippen LogP contribution in [0.2, 0.25) is 0 Å². The first-order chi connectivity index (χ1) is 7.61. The van der Waals surface area contributed by atoms with Crippen molar-refractivity contribution in [1.29, 1.82) is 0 Å². The van der Waals surface area contributed by atoms with Crippen LogP contribution in [0.1, 0.15) is 19.8 Å². The van der Waals surface area contributed by atoms with E-state index in [0.29, 0.717) is 0 Å². The third kappa shape index (κ3) is 8.38. The van der Waals surface area contributed by atoms with Gasteiger partial charge < -0.3 is 24.7 Å². The molecular formula is C7H11NO8P-. The summed E-state index contributed by atoms with van der Waals surface area (Å²) in [6, 6.07) is -1.33. The van der Waals surface area contributed by atoms with E-state index in [9.17, 15) is 23.8 Å². The molecule has 0 aromatic heterocycles. The standard InChI is InChI=1S/C7H12NO8P/c1-4(9)8-5(7(11)12)2-3-6(10)16-17(13,14)15/h5H,2-3H2,1H3,(H,8,9)(H,11,12)(H2,13,14,15)/p-1/t5-/m0/s1. The lowest BCUT2D eigenvalue weighted by Gasteiger charge is -2.16. The number of carbonyl (C=O) groups excluding carboxylic acids is 2. The Morgan fingerprint density at radius 1 is 1.47 bits per heavy atom. The zero-order valence-electron chi connectivity index (χ0n) is 8.78. The van der Waals surface area contributed by atoms with E-state index in [1.165, 1.54) is 0 Å². The van der Waals surface area contributed by atoms with Gasteiger partial charge in [0.15, 0.2) is 0 Å². The van der Waals surface area contributed by atoms with Crippen LogP contribution >= 0.6 is 7.82 Å². The Kier molecular flexibility index (Phi) is 5.80. The molecule has 0 aromatic rings. The highest BCUT2D eigenvalue weighted by Crippen LogP contribution is 2.30. The average Bonchev–Trinajstić information content (AvgIpc) is 2.08. The zero-order valence-corrected chi connectivity index (χ0v) is 9.68. The number of nitrogens with one attached hydrogen (secondary N) is 1. The molecule has 0 saturated carbocycles. The molecule has 0 spiro atoms. The smallest absolute Gasteiger partial charge is 0.326 e. The number of aliphatic carboxylic acids is 1. The fraction of sp³-hybridized carbons (Fsp3) is 0.571. The van der Waals surface area contributed by atoms with Gasteiger partial charge in [0.05, 0.1) is 0 Å². The summed E-state index contributed by atoms with van der Waals surface area (Å²) in [5.41, 5.74) is 0. The van der Waals surface area contributed by atoms with Gasteiger partial charge in [0.1, 0.15) is 6.04 Å². The van der Waals surface area contributed by atoms with Crippen LogP contribution < -0.4 is 10.2 Å². The first-order valence-electron chi connectivity index (χ1n) is 4.38. The molecule has 0 aliphatic rings. The maximum absolute atomic E-state index is 10.8. The Morgan fingerprint density at radius 2 is 2.00 bits per heavy atom. The fourth-order valence-corrected chi connectivity index (χ4v) is 1.29. The van der Waals surface area contributed by atoms with Gasteiger partial charge in [-0.1, -0.05) is 0 Å². The van der Waals surface area contributed by atoms with E-state index in [1.807, 2.05) is 5.32 Å². The summed E-state index contributed by atoms with van der Waals surface area (Å²) in [4.78, 5) is 50.3. The highest BCUT2D eigenvalue weighted by Gasteiger charge is 2.21. The third-order valence-corrected chi connectivity index (χ3v) is 1.96. The third-order valence-electron chi connectivity index (χ3n) is 1.53. The largest absolute Gasteiger partial charge is 0.746 e. The van der Waals surface area contributed by atoms with E-state index >= 15 is 0 Å². The quantitative estimate of drug-likeness (QED) is 0.484. The summed E-state index contributed by atoms with van der Waals surface area (Å²) in [6.45, 7) is 1.09. The molecule has 0 aromatic carbocycles. The molecule has 0 radical (unpaired) electrons. The van der Waals surface area contributed by atoms with Gasteiger partial charge in [-0.05, 0) is 6.42 Å². The molecule has 0 aliphatic heterocycles. The first-order valence-corrected chi connectivity index (χ1v) is 5.87. The molecule has 10 heteroatoms. The lowest BCUT2D eigenvalue weighted by atomic mass is 10.1. The molecule has 17 heavy (non-hydrogen) atoms. The number of phosphoric acid groups is 1. The molecule has 2 atom stereocenters. The second-order valence-electron chi connectivity index (χ2n) is 3.06. The van der Waals surface area contributed by atoms with Crippen molar-refractivity contribution < 1.29 is 38.4 Å². The number of hydrogen-bond donors (Lipinski definition) is 3. The van der Waals surface area contributed by atoms with Crippen LogP contribution in [0.15, 0.2) is 0 Å². The molecule has 3 N–H and O–H groups in total. The van der Waals surface area contributed by atoms with Gasteiger partial charge in [-0.15, -0.1) is 0 Å². The molecule has 1 amide bonds. The SMILES string of the molecule is CC(=O)N[C@@H](CCC(=O)OP(=O)([O-])O)C(=O)O. The van der Waals surface area contributed by atoms with Crippen LogP contribution in [-0.4, -0.2) is 33.9 Å². The van der Waals surface area contributed by atoms with Gasteiger partial charge in [-0.25, -0.2) is 4.79 Å². The Hall–Kier alpha value is -1.44. The number of carbonyl (C=O) groups is 3. The van der Waals surface area contributed by atoms with E-state index in [4.69, 9.17) is 10.00 Å². The van der Waals surface area contributed by atoms with Crippen molar-refractivity contribution in [3.63, 3.8) is 0 Å². The zero-order chi connectivity index (χ0) is 13.6. The molecule has 1 unspecified atom stereocenters. The number of phosphoric ester groups is 1. The predicted molar refractivity (Wildman–Crippen MR) is 50.4 cm³/mol. The predicted octanol–water partition coefficient (Wildman–Crippen LogP) is -1.64. The summed E-state index contributed by atoms with van der Waals surface area (Å²) < 4.78 is 13.7. The lowest BCUT2D eigenvalue weighted by Crippen LogP contribution is -2.39. The van der Waals surface area contributed by atoms with Crippen LogP contribution in [0.3, 0.4) is 0 Å². The molecule has 0 saturated heterocycles. The van der Waals surface area contributed by atoms with Gasteiger partial charge in [-0.2, -0.15) is 0 Å². The lowest BCUT2D eigenvalue weighted by molar-refractivity contribution is -0.219. The highest BCUT2D eigenvalue weighted by molar-refractivity contribution is 7.45. The van der Waals surface area contributed by atoms with Crippen LogP contribution in [-0.2, 0) is 23.5 Å². The van der Waals surface area contributed by atoms with Crippen LogP contribution in [0.4, 0.5) is 0 Å². The van der Waals surface area contributed by atoms with E-state index in [-0.39, 0.29) is 6.42 Å². The number of rotatable bonds is 6. The molecule has 98 valence electrons. The van der Waals surface area contributed by atoms with Gasteiger partial charge in [-0.3, -0.25) is 14.2 Å². The average molecular weight is 268 g/mol. The van der Waals surface area contributed by atoms with Crippen molar-refractivity contribution in [2.45, 2.75) is 25.8 Å². The molecule has 0 rings (SSSR count). The summed E-state index contributed by atoms with van der Waals surface area (Å²) in [5.74, 6) is -3.29. The van der Waals surface area contributed by atoms with Crippen LogP contribution in [0.25, 0.3) is 0 Å². The van der Waals surface area contributed by atoms with Crippen molar-refractivity contribution in [3.8, 4) is 0 Å². The Labute approximate surface area is 96.0 Å². The number of carboxylic acid groups (broad SMARTS) is 1. The highest BCUT2D eigenvalue weighted by atomic mass is 31.2. The topological polar surface area (TPSA) is 153 Å². The van der Waals surface area contributed by atoms with Crippen molar-refractivity contribution >= 4 is 25.7 Å². The molecule has 0 fully saturated rings. The van der Waals surface area contributed by atoms with Crippen molar-refractivity contribution in [3.05, 3.63) is 0 Å².